The standard InChI is InChI=1S/C18H26FN3O3/c19-17-3-1-14(2-4-17)9-20-18(24)22-11-15(16(12-22)13-23)10-21-5-7-25-8-6-21/h1-4,15-16,23H,5-13H2,(H,20,24)/t15-,16-/m1/s1. The fourth-order valence-corrected chi connectivity index (χ4v) is 3.53. The van der Waals surface area contributed by atoms with Crippen LogP contribution < -0.4 is 5.32 Å². The van der Waals surface area contributed by atoms with Crippen LogP contribution in [0.15, 0.2) is 24.3 Å². The minimum absolute atomic E-state index is 0.0940. The van der Waals surface area contributed by atoms with Gasteiger partial charge in [-0.2, -0.15) is 0 Å². The van der Waals surface area contributed by atoms with E-state index in [-0.39, 0.29) is 30.3 Å². The van der Waals surface area contributed by atoms with E-state index in [1.54, 1.807) is 17.0 Å². The number of nitrogens with zero attached hydrogens (tertiary/aromatic N) is 2. The second-order valence-electron chi connectivity index (χ2n) is 6.81. The highest BCUT2D eigenvalue weighted by atomic mass is 19.1. The van der Waals surface area contributed by atoms with Gasteiger partial charge < -0.3 is 20.1 Å². The lowest BCUT2D eigenvalue weighted by Gasteiger charge is -2.30. The summed E-state index contributed by atoms with van der Waals surface area (Å²) in [4.78, 5) is 16.5. The molecule has 138 valence electrons. The normalized spacial score (nSPS) is 24.5. The number of hydrogen-bond donors (Lipinski definition) is 2. The molecule has 6 nitrogen and oxygen atoms in total. The molecule has 0 radical (unpaired) electrons. The first kappa shape index (κ1) is 18.1. The van der Waals surface area contributed by atoms with Gasteiger partial charge in [-0.3, -0.25) is 4.90 Å². The van der Waals surface area contributed by atoms with E-state index in [9.17, 15) is 14.3 Å². The van der Waals surface area contributed by atoms with Crippen LogP contribution in [0.5, 0.6) is 0 Å². The number of halogens is 1. The van der Waals surface area contributed by atoms with E-state index in [2.05, 4.69) is 10.2 Å². The van der Waals surface area contributed by atoms with E-state index < -0.39 is 0 Å². The molecule has 2 aliphatic rings. The molecule has 3 rings (SSSR count). The number of carbonyl (C=O) groups is 1. The van der Waals surface area contributed by atoms with E-state index in [4.69, 9.17) is 4.74 Å². The Hall–Kier alpha value is -1.70. The van der Waals surface area contributed by atoms with Crippen LogP contribution in [-0.2, 0) is 11.3 Å². The van der Waals surface area contributed by atoms with Crippen LogP contribution in [0.3, 0.4) is 0 Å². The average Bonchev–Trinajstić information content (AvgIpc) is 3.05. The van der Waals surface area contributed by atoms with Crippen LogP contribution >= 0.6 is 0 Å². The second kappa shape index (κ2) is 8.60. The quantitative estimate of drug-likeness (QED) is 0.828. The zero-order chi connectivity index (χ0) is 17.6. The molecule has 0 spiro atoms. The van der Waals surface area contributed by atoms with E-state index >= 15 is 0 Å². The minimum Gasteiger partial charge on any atom is -0.396 e. The van der Waals surface area contributed by atoms with Gasteiger partial charge in [-0.05, 0) is 23.6 Å². The van der Waals surface area contributed by atoms with Crippen LogP contribution in [0, 0.1) is 17.7 Å². The van der Waals surface area contributed by atoms with Crippen molar-refractivity contribution in [3.8, 4) is 0 Å². The minimum atomic E-state index is -0.286. The zero-order valence-electron chi connectivity index (χ0n) is 14.4. The average molecular weight is 351 g/mol. The SMILES string of the molecule is O=C(NCc1ccc(F)cc1)N1C[C@@H](CN2CCOCC2)[C@@H](CO)C1. The predicted octanol–water partition coefficient (Wildman–Crippen LogP) is 0.908. The van der Waals surface area contributed by atoms with Crippen LogP contribution in [0.2, 0.25) is 0 Å². The number of aliphatic hydroxyl groups is 1. The summed E-state index contributed by atoms with van der Waals surface area (Å²) in [5, 5.41) is 12.5. The zero-order valence-corrected chi connectivity index (χ0v) is 14.4. The lowest BCUT2D eigenvalue weighted by atomic mass is 9.96. The Kier molecular flexibility index (Phi) is 6.23. The number of aliphatic hydroxyl groups excluding tert-OH is 1. The third kappa shape index (κ3) is 4.90. The summed E-state index contributed by atoms with van der Waals surface area (Å²) in [6.07, 6.45) is 0. The molecule has 7 heteroatoms. The summed E-state index contributed by atoms with van der Waals surface area (Å²) < 4.78 is 18.3. The third-order valence-electron chi connectivity index (χ3n) is 5.05. The molecule has 1 aromatic rings. The molecule has 0 bridgehead atoms. The van der Waals surface area contributed by atoms with Crippen molar-refractivity contribution >= 4 is 6.03 Å². The van der Waals surface area contributed by atoms with Crippen molar-refractivity contribution in [1.82, 2.24) is 15.1 Å². The van der Waals surface area contributed by atoms with Gasteiger partial charge in [-0.15, -0.1) is 0 Å². The van der Waals surface area contributed by atoms with Gasteiger partial charge in [-0.25, -0.2) is 9.18 Å². The summed E-state index contributed by atoms with van der Waals surface area (Å²) in [5.74, 6) is 0.102. The monoisotopic (exact) mass is 351 g/mol. The summed E-state index contributed by atoms with van der Waals surface area (Å²) in [7, 11) is 0. The maximum absolute atomic E-state index is 12.9. The molecule has 2 atom stereocenters. The lowest BCUT2D eigenvalue weighted by Crippen LogP contribution is -2.42. The Morgan fingerprint density at radius 1 is 1.20 bits per heavy atom. The molecular weight excluding hydrogens is 325 g/mol. The van der Waals surface area contributed by atoms with Crippen molar-refractivity contribution in [1.29, 1.82) is 0 Å². The van der Waals surface area contributed by atoms with Gasteiger partial charge in [0.1, 0.15) is 5.82 Å². The highest BCUT2D eigenvalue weighted by Gasteiger charge is 2.35. The van der Waals surface area contributed by atoms with Crippen LogP contribution in [0.4, 0.5) is 9.18 Å². The smallest absolute Gasteiger partial charge is 0.317 e. The number of ether oxygens (including phenoxy) is 1. The maximum Gasteiger partial charge on any atom is 0.317 e. The van der Waals surface area contributed by atoms with E-state index in [1.165, 1.54) is 12.1 Å². The number of nitrogens with one attached hydrogen (secondary N) is 1. The van der Waals surface area contributed by atoms with Gasteiger partial charge >= 0.3 is 6.03 Å². The highest BCUT2D eigenvalue weighted by molar-refractivity contribution is 5.74. The Labute approximate surface area is 147 Å². The second-order valence-corrected chi connectivity index (χ2v) is 6.81. The first-order valence-corrected chi connectivity index (χ1v) is 8.84. The molecule has 2 heterocycles. The molecular formula is C18H26FN3O3. The summed E-state index contributed by atoms with van der Waals surface area (Å²) in [6.45, 7) is 5.88. The van der Waals surface area contributed by atoms with E-state index in [0.29, 0.717) is 19.6 Å². The molecule has 1 aromatic carbocycles. The lowest BCUT2D eigenvalue weighted by molar-refractivity contribution is 0.0265. The van der Waals surface area contributed by atoms with Crippen LogP contribution in [0.25, 0.3) is 0 Å². The Morgan fingerprint density at radius 3 is 2.56 bits per heavy atom. The Morgan fingerprint density at radius 2 is 1.88 bits per heavy atom. The molecule has 0 unspecified atom stereocenters. The number of carbonyl (C=O) groups excluding carboxylic acids is 1. The molecule has 0 saturated carbocycles. The van der Waals surface area contributed by atoms with Crippen molar-refractivity contribution in [2.45, 2.75) is 6.54 Å². The van der Waals surface area contributed by atoms with Gasteiger partial charge in [0.2, 0.25) is 0 Å². The number of hydrogen-bond acceptors (Lipinski definition) is 4. The van der Waals surface area contributed by atoms with Gasteiger partial charge in [0.15, 0.2) is 0 Å². The van der Waals surface area contributed by atoms with Gasteiger partial charge in [-0.1, -0.05) is 12.1 Å². The molecule has 2 N–H and O–H groups in total. The summed E-state index contributed by atoms with van der Waals surface area (Å²) >= 11 is 0. The topological polar surface area (TPSA) is 65.0 Å². The largest absolute Gasteiger partial charge is 0.396 e. The fourth-order valence-electron chi connectivity index (χ4n) is 3.53. The Bertz CT molecular complexity index is 563. The van der Waals surface area contributed by atoms with Gasteiger partial charge in [0, 0.05) is 51.8 Å². The first-order valence-electron chi connectivity index (χ1n) is 8.84. The van der Waals surface area contributed by atoms with Crippen molar-refractivity contribution in [2.24, 2.45) is 11.8 Å². The number of amides is 2. The first-order chi connectivity index (χ1) is 12.2. The highest BCUT2D eigenvalue weighted by Crippen LogP contribution is 2.24. The van der Waals surface area contributed by atoms with Crippen molar-refractivity contribution < 1.29 is 19.0 Å². The van der Waals surface area contributed by atoms with Crippen molar-refractivity contribution in [3.05, 3.63) is 35.6 Å². The molecule has 0 aromatic heterocycles. The number of morpholine rings is 1. The van der Waals surface area contributed by atoms with Gasteiger partial charge in [0.25, 0.3) is 0 Å². The molecule has 2 fully saturated rings. The number of benzene rings is 1. The van der Waals surface area contributed by atoms with Crippen LogP contribution in [0.1, 0.15) is 5.56 Å². The fraction of sp³-hybridized carbons (Fsp3) is 0.611. The van der Waals surface area contributed by atoms with Crippen molar-refractivity contribution in [2.75, 3.05) is 52.5 Å². The predicted molar refractivity (Wildman–Crippen MR) is 91.5 cm³/mol. The van der Waals surface area contributed by atoms with Gasteiger partial charge in [0.05, 0.1) is 13.2 Å². The number of rotatable bonds is 5. The van der Waals surface area contributed by atoms with E-state index in [0.717, 1.165) is 38.4 Å². The van der Waals surface area contributed by atoms with E-state index in [1.807, 2.05) is 0 Å². The summed E-state index contributed by atoms with van der Waals surface area (Å²) in [5.41, 5.74) is 0.859. The third-order valence-corrected chi connectivity index (χ3v) is 5.05. The summed E-state index contributed by atoms with van der Waals surface area (Å²) in [6, 6.07) is 5.97. The van der Waals surface area contributed by atoms with Crippen molar-refractivity contribution in [3.63, 3.8) is 0 Å². The molecule has 0 aliphatic carbocycles. The number of likely N-dealkylation sites (tertiary alicyclic amines) is 1. The maximum atomic E-state index is 12.9. The molecule has 2 aliphatic heterocycles. The molecule has 25 heavy (non-hydrogen) atoms. The molecule has 2 amide bonds. The number of urea groups is 1. The van der Waals surface area contributed by atoms with Crippen LogP contribution in [-0.4, -0.2) is 73.5 Å². The molecule has 2 saturated heterocycles. The Balaban J connectivity index is 1.49.